The van der Waals surface area contributed by atoms with Crippen molar-refractivity contribution in [2.75, 3.05) is 39.6 Å². The first kappa shape index (κ1) is 16.6. The Hall–Kier alpha value is -0.240. The Bertz CT molecular complexity index is 343. The molecule has 128 valence electrons. The second kappa shape index (κ2) is 5.69. The van der Waals surface area contributed by atoms with Gasteiger partial charge in [0.2, 0.25) is 0 Å². The van der Waals surface area contributed by atoms with Crippen LogP contribution in [0.5, 0.6) is 0 Å². The summed E-state index contributed by atoms with van der Waals surface area (Å²) in [5.41, 5.74) is -0.609. The van der Waals surface area contributed by atoms with Gasteiger partial charge in [-0.1, -0.05) is 13.8 Å². The van der Waals surface area contributed by atoms with Crippen molar-refractivity contribution >= 4 is 0 Å². The Morgan fingerprint density at radius 1 is 0.636 bits per heavy atom. The number of ether oxygens (including phenoxy) is 4. The van der Waals surface area contributed by atoms with Crippen molar-refractivity contribution < 1.29 is 29.2 Å². The van der Waals surface area contributed by atoms with E-state index in [2.05, 4.69) is 0 Å². The first-order chi connectivity index (χ1) is 10.4. The maximum absolute atomic E-state index is 9.39. The topological polar surface area (TPSA) is 77.4 Å². The summed E-state index contributed by atoms with van der Waals surface area (Å²) in [6.45, 7) is 6.13. The summed E-state index contributed by atoms with van der Waals surface area (Å²) in [4.78, 5) is 0. The summed E-state index contributed by atoms with van der Waals surface area (Å²) >= 11 is 0. The van der Waals surface area contributed by atoms with Crippen LogP contribution in [0.25, 0.3) is 0 Å². The lowest BCUT2D eigenvalue weighted by Crippen LogP contribution is -2.57. The van der Waals surface area contributed by atoms with Crippen LogP contribution in [-0.4, -0.2) is 61.4 Å². The molecule has 0 aromatic carbocycles. The Kier molecular flexibility index (Phi) is 4.29. The molecule has 3 fully saturated rings. The van der Waals surface area contributed by atoms with Crippen LogP contribution in [0.15, 0.2) is 0 Å². The van der Waals surface area contributed by atoms with E-state index >= 15 is 0 Å². The summed E-state index contributed by atoms with van der Waals surface area (Å²) in [5.74, 6) is -1.10. The molecule has 6 nitrogen and oxygen atoms in total. The molecule has 0 bridgehead atoms. The predicted molar refractivity (Wildman–Crippen MR) is 78.1 cm³/mol. The number of aliphatic hydroxyl groups is 2. The number of hydrogen-bond acceptors (Lipinski definition) is 6. The van der Waals surface area contributed by atoms with Crippen molar-refractivity contribution in [1.82, 2.24) is 0 Å². The van der Waals surface area contributed by atoms with Gasteiger partial charge in [-0.15, -0.1) is 0 Å². The molecule has 0 unspecified atom stereocenters. The van der Waals surface area contributed by atoms with E-state index in [1.54, 1.807) is 0 Å². The summed E-state index contributed by atoms with van der Waals surface area (Å²) in [6.07, 6.45) is 2.91. The molecule has 2 heterocycles. The number of aliphatic hydroxyl groups excluding tert-OH is 2. The predicted octanol–water partition coefficient (Wildman–Crippen LogP) is 1.04. The lowest BCUT2D eigenvalue weighted by Gasteiger charge is -2.52. The van der Waals surface area contributed by atoms with Gasteiger partial charge in [-0.2, -0.15) is 0 Å². The average molecular weight is 316 g/mol. The molecule has 0 atom stereocenters. The molecule has 2 spiro atoms. The van der Waals surface area contributed by atoms with Crippen molar-refractivity contribution in [1.29, 1.82) is 0 Å². The van der Waals surface area contributed by atoms with Gasteiger partial charge in [0.25, 0.3) is 0 Å². The highest BCUT2D eigenvalue weighted by Crippen LogP contribution is 2.46. The van der Waals surface area contributed by atoms with Crippen LogP contribution in [0.2, 0.25) is 0 Å². The lowest BCUT2D eigenvalue weighted by atomic mass is 9.84. The fourth-order valence-corrected chi connectivity index (χ4v) is 3.16. The maximum atomic E-state index is 9.39. The second-order valence-electron chi connectivity index (χ2n) is 7.91. The largest absolute Gasteiger partial charge is 0.396 e. The minimum atomic E-state index is -0.551. The van der Waals surface area contributed by atoms with Crippen molar-refractivity contribution in [3.8, 4) is 0 Å². The monoisotopic (exact) mass is 316 g/mol. The van der Waals surface area contributed by atoms with Gasteiger partial charge in [0.15, 0.2) is 11.6 Å². The standard InChI is InChI=1S/C16H28O6/c1-13(7-17)9-19-15(20-10-13)3-5-16(6-4-15)21-11-14(2,8-18)12-22-16/h17-18H,3-12H2,1-2H3. The zero-order valence-corrected chi connectivity index (χ0v) is 13.6. The van der Waals surface area contributed by atoms with E-state index in [0.717, 1.165) is 25.7 Å². The molecule has 6 heteroatoms. The minimum Gasteiger partial charge on any atom is -0.396 e. The number of rotatable bonds is 2. The molecular formula is C16H28O6. The molecule has 2 saturated heterocycles. The van der Waals surface area contributed by atoms with Gasteiger partial charge in [-0.25, -0.2) is 0 Å². The molecule has 3 aliphatic rings. The molecule has 2 N–H and O–H groups in total. The van der Waals surface area contributed by atoms with Gasteiger partial charge in [-0.3, -0.25) is 0 Å². The molecule has 0 amide bonds. The summed E-state index contributed by atoms with van der Waals surface area (Å²) in [5, 5.41) is 18.8. The van der Waals surface area contributed by atoms with E-state index in [-0.39, 0.29) is 24.0 Å². The zero-order valence-electron chi connectivity index (χ0n) is 13.6. The molecule has 1 aliphatic carbocycles. The first-order valence-corrected chi connectivity index (χ1v) is 8.14. The van der Waals surface area contributed by atoms with Gasteiger partial charge in [-0.05, 0) is 0 Å². The summed E-state index contributed by atoms with van der Waals surface area (Å²) in [6, 6.07) is 0. The molecule has 0 aromatic rings. The molecule has 0 radical (unpaired) electrons. The first-order valence-electron chi connectivity index (χ1n) is 8.14. The van der Waals surface area contributed by atoms with E-state index in [4.69, 9.17) is 18.9 Å². The zero-order chi connectivity index (χ0) is 15.9. The lowest BCUT2D eigenvalue weighted by molar-refractivity contribution is -0.368. The fraction of sp³-hybridized carbons (Fsp3) is 1.00. The second-order valence-corrected chi connectivity index (χ2v) is 7.91. The minimum absolute atomic E-state index is 0.0684. The van der Waals surface area contributed by atoms with Gasteiger partial charge in [0, 0.05) is 36.5 Å². The van der Waals surface area contributed by atoms with Gasteiger partial charge in [0.1, 0.15) is 0 Å². The molecular weight excluding hydrogens is 288 g/mol. The Morgan fingerprint density at radius 3 is 1.14 bits per heavy atom. The molecule has 22 heavy (non-hydrogen) atoms. The molecule has 2 aliphatic heterocycles. The van der Waals surface area contributed by atoms with Crippen LogP contribution in [0, 0.1) is 10.8 Å². The fourth-order valence-electron chi connectivity index (χ4n) is 3.16. The van der Waals surface area contributed by atoms with Crippen molar-refractivity contribution in [2.24, 2.45) is 10.8 Å². The van der Waals surface area contributed by atoms with Crippen molar-refractivity contribution in [2.45, 2.75) is 51.1 Å². The van der Waals surface area contributed by atoms with E-state index in [0.29, 0.717) is 26.4 Å². The van der Waals surface area contributed by atoms with Crippen LogP contribution in [0.3, 0.4) is 0 Å². The average Bonchev–Trinajstić information content (AvgIpc) is 2.57. The van der Waals surface area contributed by atoms with Crippen LogP contribution < -0.4 is 0 Å². The maximum Gasteiger partial charge on any atom is 0.168 e. The van der Waals surface area contributed by atoms with Crippen LogP contribution >= 0.6 is 0 Å². The third kappa shape index (κ3) is 3.05. The Labute approximate surface area is 131 Å². The van der Waals surface area contributed by atoms with E-state index in [9.17, 15) is 10.2 Å². The normalized spacial score (nSPS) is 49.6. The molecule has 0 aromatic heterocycles. The number of hydrogen-bond donors (Lipinski definition) is 2. The van der Waals surface area contributed by atoms with E-state index in [1.165, 1.54) is 0 Å². The van der Waals surface area contributed by atoms with Gasteiger partial charge in [0.05, 0.1) is 39.6 Å². The van der Waals surface area contributed by atoms with Gasteiger partial charge < -0.3 is 29.2 Å². The SMILES string of the molecule is CC1(CO)COC2(CCC3(CC2)OCC(C)(CO)CO3)OC1. The smallest absolute Gasteiger partial charge is 0.168 e. The summed E-state index contributed by atoms with van der Waals surface area (Å²) < 4.78 is 23.9. The Balaban J connectivity index is 1.55. The molecule has 3 rings (SSSR count). The molecule has 1 saturated carbocycles. The van der Waals surface area contributed by atoms with E-state index < -0.39 is 11.6 Å². The quantitative estimate of drug-likeness (QED) is 0.793. The third-order valence-corrected chi connectivity index (χ3v) is 5.27. The highest BCUT2D eigenvalue weighted by molar-refractivity contribution is 4.92. The van der Waals surface area contributed by atoms with Crippen molar-refractivity contribution in [3.05, 3.63) is 0 Å². The van der Waals surface area contributed by atoms with Crippen LogP contribution in [-0.2, 0) is 18.9 Å². The highest BCUT2D eigenvalue weighted by Gasteiger charge is 2.52. The third-order valence-electron chi connectivity index (χ3n) is 5.27. The van der Waals surface area contributed by atoms with Crippen molar-refractivity contribution in [3.63, 3.8) is 0 Å². The Morgan fingerprint density at radius 2 is 0.909 bits per heavy atom. The van der Waals surface area contributed by atoms with Gasteiger partial charge >= 0.3 is 0 Å². The van der Waals surface area contributed by atoms with E-state index in [1.807, 2.05) is 13.8 Å². The highest BCUT2D eigenvalue weighted by atomic mass is 16.7. The van der Waals surface area contributed by atoms with Crippen LogP contribution in [0.4, 0.5) is 0 Å². The van der Waals surface area contributed by atoms with Crippen LogP contribution in [0.1, 0.15) is 39.5 Å². The summed E-state index contributed by atoms with van der Waals surface area (Å²) in [7, 11) is 0.